The first-order chi connectivity index (χ1) is 12.9. The number of nitrogen functional groups attached to an aromatic ring is 1. The first-order valence-corrected chi connectivity index (χ1v) is 10.0. The largest absolute Gasteiger partial charge is 0.482 e. The molecule has 1 aromatic carbocycles. The molecular weight excluding hydrogens is 339 g/mol. The van der Waals surface area contributed by atoms with Crippen LogP contribution < -0.4 is 10.5 Å². The lowest BCUT2D eigenvalue weighted by Crippen LogP contribution is -2.12. The van der Waals surface area contributed by atoms with Gasteiger partial charge in [-0.05, 0) is 55.0 Å². The number of halogens is 1. The molecule has 0 saturated heterocycles. The molecule has 27 heavy (non-hydrogen) atoms. The molecule has 2 N–H and O–H groups in total. The average Bonchev–Trinajstić information content (AvgIpc) is 2.66. The molecule has 0 amide bonds. The first-order valence-electron chi connectivity index (χ1n) is 10.0. The van der Waals surface area contributed by atoms with Crippen molar-refractivity contribution in [1.82, 2.24) is 4.98 Å². The zero-order valence-corrected chi connectivity index (χ0v) is 17.0. The van der Waals surface area contributed by atoms with E-state index < -0.39 is 0 Å². The Morgan fingerprint density at radius 3 is 2.41 bits per heavy atom. The van der Waals surface area contributed by atoms with Gasteiger partial charge in [-0.2, -0.15) is 0 Å². The van der Waals surface area contributed by atoms with E-state index in [2.05, 4.69) is 18.8 Å². The van der Waals surface area contributed by atoms with Crippen LogP contribution in [-0.4, -0.2) is 4.98 Å². The summed E-state index contributed by atoms with van der Waals surface area (Å²) in [6, 6.07) is 8.14. The molecule has 3 rings (SSSR count). The lowest BCUT2D eigenvalue weighted by Gasteiger charge is -2.24. The standard InChI is InChI=1S/C14H15FN2O.C9H18/c1-9-6-13(14(16)17-8-9)18-10(2)11-4-3-5-12(15)7-11;1-8(2)9-6-4-3-5-7-9/h3-8,10H,1-2H3,(H2,16,17);8-9H,3-7H2,1-2H3. The van der Waals surface area contributed by atoms with E-state index in [1.807, 2.05) is 26.0 Å². The van der Waals surface area contributed by atoms with Crippen molar-refractivity contribution < 1.29 is 9.13 Å². The van der Waals surface area contributed by atoms with Crippen molar-refractivity contribution in [3.63, 3.8) is 0 Å². The zero-order valence-electron chi connectivity index (χ0n) is 17.0. The molecule has 1 atom stereocenters. The molecule has 2 aromatic rings. The maximum Gasteiger partial charge on any atom is 0.166 e. The molecule has 0 radical (unpaired) electrons. The highest BCUT2D eigenvalue weighted by Crippen LogP contribution is 2.29. The second-order valence-corrected chi connectivity index (χ2v) is 7.85. The minimum atomic E-state index is -0.286. The van der Waals surface area contributed by atoms with Crippen molar-refractivity contribution in [2.75, 3.05) is 5.73 Å². The molecule has 148 valence electrons. The number of anilines is 1. The normalized spacial score (nSPS) is 15.8. The van der Waals surface area contributed by atoms with Crippen molar-refractivity contribution in [1.29, 1.82) is 0 Å². The molecule has 1 unspecified atom stereocenters. The van der Waals surface area contributed by atoms with Crippen LogP contribution in [0.25, 0.3) is 0 Å². The number of hydrogen-bond acceptors (Lipinski definition) is 3. The van der Waals surface area contributed by atoms with E-state index in [0.717, 1.165) is 23.0 Å². The van der Waals surface area contributed by atoms with Gasteiger partial charge in [-0.25, -0.2) is 9.37 Å². The van der Waals surface area contributed by atoms with Crippen LogP contribution in [0.15, 0.2) is 36.5 Å². The van der Waals surface area contributed by atoms with Crippen LogP contribution in [0, 0.1) is 24.6 Å². The van der Waals surface area contributed by atoms with E-state index in [-0.39, 0.29) is 11.9 Å². The minimum Gasteiger partial charge on any atom is -0.482 e. The van der Waals surface area contributed by atoms with Gasteiger partial charge in [-0.3, -0.25) is 0 Å². The van der Waals surface area contributed by atoms with Crippen LogP contribution in [0.1, 0.15) is 70.1 Å². The monoisotopic (exact) mass is 372 g/mol. The number of rotatable bonds is 4. The van der Waals surface area contributed by atoms with Crippen LogP contribution in [0.2, 0.25) is 0 Å². The summed E-state index contributed by atoms with van der Waals surface area (Å²) in [6.07, 6.45) is 8.85. The quantitative estimate of drug-likeness (QED) is 0.668. The highest BCUT2D eigenvalue weighted by Gasteiger charge is 2.15. The number of aryl methyl sites for hydroxylation is 1. The Morgan fingerprint density at radius 1 is 1.11 bits per heavy atom. The smallest absolute Gasteiger partial charge is 0.166 e. The highest BCUT2D eigenvalue weighted by molar-refractivity contribution is 5.47. The second kappa shape index (κ2) is 10.3. The van der Waals surface area contributed by atoms with Gasteiger partial charge in [0.15, 0.2) is 11.6 Å². The summed E-state index contributed by atoms with van der Waals surface area (Å²) in [5.74, 6) is 2.57. The Kier molecular flexibility index (Phi) is 8.08. The van der Waals surface area contributed by atoms with Gasteiger partial charge >= 0.3 is 0 Å². The van der Waals surface area contributed by atoms with Gasteiger partial charge in [0, 0.05) is 6.20 Å². The van der Waals surface area contributed by atoms with Crippen LogP contribution in [0.4, 0.5) is 10.2 Å². The molecule has 1 saturated carbocycles. The Morgan fingerprint density at radius 2 is 1.81 bits per heavy atom. The molecule has 1 fully saturated rings. The van der Waals surface area contributed by atoms with Crippen molar-refractivity contribution in [3.8, 4) is 5.75 Å². The molecule has 0 bridgehead atoms. The van der Waals surface area contributed by atoms with Gasteiger partial charge in [0.05, 0.1) is 0 Å². The predicted molar refractivity (Wildman–Crippen MR) is 110 cm³/mol. The zero-order chi connectivity index (χ0) is 19.8. The third-order valence-corrected chi connectivity index (χ3v) is 5.23. The van der Waals surface area contributed by atoms with Crippen LogP contribution >= 0.6 is 0 Å². The fraction of sp³-hybridized carbons (Fsp3) is 0.522. The topological polar surface area (TPSA) is 48.1 Å². The SMILES string of the molecule is CC(C)C1CCCCC1.Cc1cnc(N)c(OC(C)c2cccc(F)c2)c1. The molecule has 1 heterocycles. The van der Waals surface area contributed by atoms with E-state index in [1.54, 1.807) is 12.3 Å². The van der Waals surface area contributed by atoms with Gasteiger partial charge in [0.1, 0.15) is 11.9 Å². The van der Waals surface area contributed by atoms with Crippen molar-refractivity contribution in [3.05, 3.63) is 53.5 Å². The third-order valence-electron chi connectivity index (χ3n) is 5.23. The summed E-state index contributed by atoms with van der Waals surface area (Å²) in [6.45, 7) is 8.47. The Hall–Kier alpha value is -2.10. The number of hydrogen-bond donors (Lipinski definition) is 1. The molecule has 4 heteroatoms. The van der Waals surface area contributed by atoms with E-state index >= 15 is 0 Å². The van der Waals surface area contributed by atoms with Gasteiger partial charge in [-0.1, -0.05) is 58.1 Å². The summed E-state index contributed by atoms with van der Waals surface area (Å²) < 4.78 is 18.8. The lowest BCUT2D eigenvalue weighted by atomic mass is 9.82. The summed E-state index contributed by atoms with van der Waals surface area (Å²) in [5, 5.41) is 0. The number of aromatic nitrogens is 1. The van der Waals surface area contributed by atoms with Crippen LogP contribution in [0.3, 0.4) is 0 Å². The molecule has 0 aliphatic heterocycles. The Bertz CT molecular complexity index is 711. The molecule has 1 aromatic heterocycles. The highest BCUT2D eigenvalue weighted by atomic mass is 19.1. The summed E-state index contributed by atoms with van der Waals surface area (Å²) in [4.78, 5) is 4.02. The average molecular weight is 373 g/mol. The fourth-order valence-electron chi connectivity index (χ4n) is 3.47. The molecule has 1 aliphatic carbocycles. The van der Waals surface area contributed by atoms with Gasteiger partial charge < -0.3 is 10.5 Å². The summed E-state index contributed by atoms with van der Waals surface area (Å²) >= 11 is 0. The van der Waals surface area contributed by atoms with E-state index in [4.69, 9.17) is 10.5 Å². The van der Waals surface area contributed by atoms with E-state index in [0.29, 0.717) is 11.6 Å². The Labute approximate surface area is 163 Å². The van der Waals surface area contributed by atoms with Gasteiger partial charge in [0.2, 0.25) is 0 Å². The number of benzene rings is 1. The first kappa shape index (κ1) is 21.2. The fourth-order valence-corrected chi connectivity index (χ4v) is 3.47. The van der Waals surface area contributed by atoms with Gasteiger partial charge in [-0.15, -0.1) is 0 Å². The maximum absolute atomic E-state index is 13.1. The molecular formula is C23H33FN2O. The third kappa shape index (κ3) is 6.85. The van der Waals surface area contributed by atoms with E-state index in [9.17, 15) is 4.39 Å². The Balaban J connectivity index is 0.000000244. The van der Waals surface area contributed by atoms with Crippen LogP contribution in [-0.2, 0) is 0 Å². The van der Waals surface area contributed by atoms with E-state index in [1.165, 1.54) is 44.2 Å². The van der Waals surface area contributed by atoms with Crippen molar-refractivity contribution in [2.24, 2.45) is 11.8 Å². The summed E-state index contributed by atoms with van der Waals surface area (Å²) in [5.41, 5.74) is 7.46. The summed E-state index contributed by atoms with van der Waals surface area (Å²) in [7, 11) is 0. The molecule has 1 aliphatic rings. The molecule has 3 nitrogen and oxygen atoms in total. The number of nitrogens with two attached hydrogens (primary N) is 1. The predicted octanol–water partition coefficient (Wildman–Crippen LogP) is 6.47. The number of ether oxygens (including phenoxy) is 1. The molecule has 0 spiro atoms. The van der Waals surface area contributed by atoms with Crippen LogP contribution in [0.5, 0.6) is 5.75 Å². The number of pyridine rings is 1. The number of nitrogens with zero attached hydrogens (tertiary/aromatic N) is 1. The lowest BCUT2D eigenvalue weighted by molar-refractivity contribution is 0.227. The maximum atomic E-state index is 13.1. The van der Waals surface area contributed by atoms with Crippen molar-refractivity contribution >= 4 is 5.82 Å². The minimum absolute atomic E-state index is 0.279. The van der Waals surface area contributed by atoms with Crippen molar-refractivity contribution in [2.45, 2.75) is 65.9 Å². The van der Waals surface area contributed by atoms with Gasteiger partial charge in [0.25, 0.3) is 0 Å². The second-order valence-electron chi connectivity index (χ2n) is 7.85.